The van der Waals surface area contributed by atoms with Crippen molar-refractivity contribution in [3.63, 3.8) is 0 Å². The molecule has 0 bridgehead atoms. The number of nitrogen functional groups attached to an aromatic ring is 1. The zero-order chi connectivity index (χ0) is 18.8. The molecule has 0 aliphatic rings. The predicted molar refractivity (Wildman–Crippen MR) is 102 cm³/mol. The van der Waals surface area contributed by atoms with E-state index in [1.807, 2.05) is 0 Å². The van der Waals surface area contributed by atoms with E-state index >= 15 is 0 Å². The molecule has 26 heavy (non-hydrogen) atoms. The Kier molecular flexibility index (Phi) is 9.00. The number of methoxy groups -OCH3 is 1. The molecular formula is C17H22Cl2N4O3. The number of rotatable bonds is 11. The van der Waals surface area contributed by atoms with Crippen molar-refractivity contribution in [3.8, 4) is 11.3 Å². The summed E-state index contributed by atoms with van der Waals surface area (Å²) < 4.78 is 15.7. The van der Waals surface area contributed by atoms with Gasteiger partial charge in [0.15, 0.2) is 11.6 Å². The first kappa shape index (κ1) is 20.8. The number of halogens is 2. The highest BCUT2D eigenvalue weighted by Gasteiger charge is 2.10. The summed E-state index contributed by atoms with van der Waals surface area (Å²) in [4.78, 5) is 4.30. The minimum absolute atomic E-state index is 0.306. The van der Waals surface area contributed by atoms with Crippen LogP contribution in [0, 0.1) is 0 Å². The van der Waals surface area contributed by atoms with Crippen LogP contribution in [-0.4, -0.2) is 55.3 Å². The highest BCUT2D eigenvalue weighted by atomic mass is 35.5. The fourth-order valence-corrected chi connectivity index (χ4v) is 2.42. The molecule has 7 nitrogen and oxygen atoms in total. The topological polar surface area (TPSA) is 92.4 Å². The Morgan fingerprint density at radius 3 is 2.38 bits per heavy atom. The molecule has 1 heterocycles. The average Bonchev–Trinajstić information content (AvgIpc) is 2.63. The molecule has 0 aliphatic heterocycles. The van der Waals surface area contributed by atoms with Gasteiger partial charge in [0.2, 0.25) is 0 Å². The van der Waals surface area contributed by atoms with Crippen LogP contribution in [-0.2, 0) is 20.6 Å². The second kappa shape index (κ2) is 11.3. The lowest BCUT2D eigenvalue weighted by molar-refractivity contribution is 0.0243. The molecule has 0 saturated carbocycles. The maximum absolute atomic E-state index is 6.02. The smallest absolute Gasteiger partial charge is 0.154 e. The van der Waals surface area contributed by atoms with Gasteiger partial charge in [-0.2, -0.15) is 0 Å². The number of aromatic nitrogens is 3. The monoisotopic (exact) mass is 400 g/mol. The van der Waals surface area contributed by atoms with E-state index in [0.29, 0.717) is 66.8 Å². The second-order valence-corrected chi connectivity index (χ2v) is 6.23. The first-order chi connectivity index (χ1) is 12.6. The number of ether oxygens (including phenoxy) is 3. The number of anilines is 1. The highest BCUT2D eigenvalue weighted by molar-refractivity contribution is 6.42. The molecule has 2 rings (SSSR count). The summed E-state index contributed by atoms with van der Waals surface area (Å²) in [6.07, 6.45) is 1.40. The fraction of sp³-hybridized carbons (Fsp3) is 0.471. The van der Waals surface area contributed by atoms with Crippen LogP contribution in [0.3, 0.4) is 0 Å². The minimum Gasteiger partial charge on any atom is -0.382 e. The Hall–Kier alpha value is -1.51. The number of nitrogens with zero attached hydrogens (tertiary/aromatic N) is 3. The van der Waals surface area contributed by atoms with E-state index in [0.717, 1.165) is 12.0 Å². The van der Waals surface area contributed by atoms with Crippen molar-refractivity contribution in [1.82, 2.24) is 15.2 Å². The molecular weight excluding hydrogens is 379 g/mol. The van der Waals surface area contributed by atoms with Gasteiger partial charge in [0.25, 0.3) is 0 Å². The zero-order valence-electron chi connectivity index (χ0n) is 14.6. The molecule has 0 aliphatic carbocycles. The molecule has 0 unspecified atom stereocenters. The van der Waals surface area contributed by atoms with Gasteiger partial charge in [-0.1, -0.05) is 29.3 Å². The fourth-order valence-electron chi connectivity index (χ4n) is 2.12. The highest BCUT2D eigenvalue weighted by Crippen LogP contribution is 2.29. The lowest BCUT2D eigenvalue weighted by Crippen LogP contribution is -2.10. The average molecular weight is 401 g/mol. The molecule has 142 valence electrons. The molecule has 9 heteroatoms. The quantitative estimate of drug-likeness (QED) is 0.579. The molecule has 0 amide bonds. The van der Waals surface area contributed by atoms with Gasteiger partial charge in [0.1, 0.15) is 5.69 Å². The van der Waals surface area contributed by atoms with E-state index in [1.54, 1.807) is 25.3 Å². The Bertz CT molecular complexity index is 704. The summed E-state index contributed by atoms with van der Waals surface area (Å²) in [7, 11) is 1.64. The Balaban J connectivity index is 1.76. The van der Waals surface area contributed by atoms with Crippen LogP contribution >= 0.6 is 23.2 Å². The molecule has 1 aromatic heterocycles. The van der Waals surface area contributed by atoms with Crippen LogP contribution in [0.2, 0.25) is 10.0 Å². The van der Waals surface area contributed by atoms with E-state index in [9.17, 15) is 0 Å². The van der Waals surface area contributed by atoms with Gasteiger partial charge in [0.05, 0.1) is 36.5 Å². The van der Waals surface area contributed by atoms with Crippen LogP contribution in [0.5, 0.6) is 0 Å². The zero-order valence-corrected chi connectivity index (χ0v) is 16.1. The number of hydrogen-bond acceptors (Lipinski definition) is 7. The minimum atomic E-state index is 0.306. The van der Waals surface area contributed by atoms with Gasteiger partial charge in [-0.3, -0.25) is 0 Å². The standard InChI is InChI=1S/C17H22Cl2N4O3/c1-24-7-8-26-10-9-25-6-2-3-15-21-17(20)16(23-22-15)12-4-5-13(18)14(19)11-12/h4-5,11H,2-3,6-10H2,1H3,(H2,20,21,22). The number of nitrogens with two attached hydrogens (primary N) is 1. The SMILES string of the molecule is COCCOCCOCCCc1nnc(-c2ccc(Cl)c(Cl)c2)c(N)n1. The molecule has 0 atom stereocenters. The van der Waals surface area contributed by atoms with Gasteiger partial charge < -0.3 is 19.9 Å². The summed E-state index contributed by atoms with van der Waals surface area (Å²) in [6.45, 7) is 2.84. The maximum Gasteiger partial charge on any atom is 0.154 e. The molecule has 0 radical (unpaired) electrons. The normalized spacial score (nSPS) is 11.0. The molecule has 2 aromatic rings. The van der Waals surface area contributed by atoms with Crippen molar-refractivity contribution in [3.05, 3.63) is 34.1 Å². The molecule has 0 spiro atoms. The summed E-state index contributed by atoms with van der Waals surface area (Å²) in [5.41, 5.74) is 7.21. The van der Waals surface area contributed by atoms with Gasteiger partial charge in [-0.05, 0) is 18.6 Å². The molecule has 0 saturated heterocycles. The Morgan fingerprint density at radius 2 is 1.69 bits per heavy atom. The lowest BCUT2D eigenvalue weighted by Gasteiger charge is -2.07. The molecule has 0 fully saturated rings. The van der Waals surface area contributed by atoms with Gasteiger partial charge in [-0.25, -0.2) is 4.98 Å². The summed E-state index contributed by atoms with van der Waals surface area (Å²) in [5.74, 6) is 0.882. The third-order valence-corrected chi connectivity index (χ3v) is 4.18. The third kappa shape index (κ3) is 6.66. The van der Waals surface area contributed by atoms with E-state index in [-0.39, 0.29) is 0 Å². The van der Waals surface area contributed by atoms with Crippen molar-refractivity contribution in [2.75, 3.05) is 45.9 Å². The van der Waals surface area contributed by atoms with Crippen molar-refractivity contribution >= 4 is 29.0 Å². The van der Waals surface area contributed by atoms with Crippen molar-refractivity contribution in [2.24, 2.45) is 0 Å². The van der Waals surface area contributed by atoms with E-state index in [4.69, 9.17) is 43.1 Å². The summed E-state index contributed by atoms with van der Waals surface area (Å²) in [6, 6.07) is 5.15. The Labute approximate surface area is 162 Å². The first-order valence-electron chi connectivity index (χ1n) is 8.20. The third-order valence-electron chi connectivity index (χ3n) is 3.44. The predicted octanol–water partition coefficient (Wildman–Crippen LogP) is 3.04. The summed E-state index contributed by atoms with van der Waals surface area (Å²) in [5, 5.41) is 9.19. The van der Waals surface area contributed by atoms with Crippen LogP contribution in [0.25, 0.3) is 11.3 Å². The van der Waals surface area contributed by atoms with Gasteiger partial charge in [0, 0.05) is 25.7 Å². The first-order valence-corrected chi connectivity index (χ1v) is 8.96. The van der Waals surface area contributed by atoms with Crippen LogP contribution in [0.4, 0.5) is 5.82 Å². The molecule has 1 aromatic carbocycles. The van der Waals surface area contributed by atoms with Crippen molar-refractivity contribution in [1.29, 1.82) is 0 Å². The van der Waals surface area contributed by atoms with E-state index in [2.05, 4.69) is 15.2 Å². The van der Waals surface area contributed by atoms with Gasteiger partial charge >= 0.3 is 0 Å². The number of aryl methyl sites for hydroxylation is 1. The van der Waals surface area contributed by atoms with Crippen molar-refractivity contribution in [2.45, 2.75) is 12.8 Å². The Morgan fingerprint density at radius 1 is 0.962 bits per heavy atom. The lowest BCUT2D eigenvalue weighted by atomic mass is 10.1. The molecule has 2 N–H and O–H groups in total. The van der Waals surface area contributed by atoms with Crippen molar-refractivity contribution < 1.29 is 14.2 Å². The van der Waals surface area contributed by atoms with Gasteiger partial charge in [-0.15, -0.1) is 10.2 Å². The van der Waals surface area contributed by atoms with Crippen LogP contribution in [0.15, 0.2) is 18.2 Å². The van der Waals surface area contributed by atoms with Crippen LogP contribution < -0.4 is 5.73 Å². The second-order valence-electron chi connectivity index (χ2n) is 5.41. The number of benzene rings is 1. The van der Waals surface area contributed by atoms with E-state index < -0.39 is 0 Å². The summed E-state index contributed by atoms with van der Waals surface area (Å²) >= 11 is 11.9. The largest absolute Gasteiger partial charge is 0.382 e. The maximum atomic E-state index is 6.02. The van der Waals surface area contributed by atoms with Crippen LogP contribution in [0.1, 0.15) is 12.2 Å². The van der Waals surface area contributed by atoms with E-state index in [1.165, 1.54) is 0 Å². The number of hydrogen-bond donors (Lipinski definition) is 1.